The predicted octanol–water partition coefficient (Wildman–Crippen LogP) is 4.67. The number of aromatic nitrogens is 2. The van der Waals surface area contributed by atoms with Crippen LogP contribution in [0.2, 0.25) is 0 Å². The van der Waals surface area contributed by atoms with Crippen molar-refractivity contribution in [2.45, 2.75) is 19.4 Å². The molecule has 6 heteroatoms. The molecule has 1 saturated heterocycles. The summed E-state index contributed by atoms with van der Waals surface area (Å²) in [4.78, 5) is 24.7. The third-order valence-corrected chi connectivity index (χ3v) is 6.53. The second-order valence-corrected chi connectivity index (χ2v) is 8.78. The lowest BCUT2D eigenvalue weighted by Gasteiger charge is -2.35. The smallest absolute Gasteiger partial charge is 0.215 e. The molecule has 1 aliphatic heterocycles. The highest BCUT2D eigenvalue weighted by Gasteiger charge is 2.23. The van der Waals surface area contributed by atoms with Crippen molar-refractivity contribution in [2.75, 3.05) is 30.3 Å². The molecule has 3 heterocycles. The third-order valence-electron chi connectivity index (χ3n) is 6.53. The summed E-state index contributed by atoms with van der Waals surface area (Å²) in [5, 5.41) is 3.57. The fraction of sp³-hybridized carbons (Fsp3) is 0.207. The maximum Gasteiger partial charge on any atom is 0.215 e. The number of carbonyl (C=O) groups excluding carboxylic acids is 1. The monoisotopic (exact) mass is 463 g/mol. The molecular weight excluding hydrogens is 434 g/mol. The van der Waals surface area contributed by atoms with Crippen LogP contribution in [0, 0.1) is 0 Å². The van der Waals surface area contributed by atoms with Crippen LogP contribution in [-0.2, 0) is 6.42 Å². The van der Waals surface area contributed by atoms with E-state index in [1.807, 2.05) is 36.4 Å². The Balaban J connectivity index is 1.40. The van der Waals surface area contributed by atoms with Gasteiger partial charge < -0.3 is 16.0 Å². The summed E-state index contributed by atoms with van der Waals surface area (Å²) in [6.07, 6.45) is 2.69. The molecule has 6 nitrogen and oxygen atoms in total. The number of nitrogen functional groups attached to an aromatic ring is 1. The number of rotatable bonds is 6. The van der Waals surface area contributed by atoms with E-state index in [0.29, 0.717) is 11.3 Å². The van der Waals surface area contributed by atoms with Gasteiger partial charge in [0.05, 0.1) is 5.56 Å². The number of nitrogens with two attached hydrogens (primary N) is 1. The number of aryl methyl sites for hydroxylation is 1. The molecule has 1 fully saturated rings. The molecule has 4 aromatic rings. The number of nitrogens with one attached hydrogen (secondary N) is 1. The lowest BCUT2D eigenvalue weighted by molar-refractivity contribution is 0.103. The summed E-state index contributed by atoms with van der Waals surface area (Å²) in [6.45, 7) is 4.57. The summed E-state index contributed by atoms with van der Waals surface area (Å²) in [6, 6.07) is 26.3. The van der Waals surface area contributed by atoms with Crippen LogP contribution >= 0.6 is 0 Å². The van der Waals surface area contributed by atoms with Crippen LogP contribution in [0.4, 0.5) is 11.6 Å². The van der Waals surface area contributed by atoms with Gasteiger partial charge >= 0.3 is 0 Å². The molecule has 0 aliphatic carbocycles. The van der Waals surface area contributed by atoms with E-state index in [2.05, 4.69) is 58.5 Å². The number of ketones is 1. The number of piperazine rings is 1. The predicted molar refractivity (Wildman–Crippen MR) is 141 cm³/mol. The number of hydrogen-bond acceptors (Lipinski definition) is 6. The Hall–Kier alpha value is -4.03. The van der Waals surface area contributed by atoms with E-state index < -0.39 is 0 Å². The summed E-state index contributed by atoms with van der Waals surface area (Å²) >= 11 is 0. The molecule has 0 radical (unpaired) electrons. The van der Waals surface area contributed by atoms with Crippen LogP contribution in [0.25, 0.3) is 11.1 Å². The first kappa shape index (κ1) is 22.7. The van der Waals surface area contributed by atoms with Crippen LogP contribution in [0.5, 0.6) is 0 Å². The lowest BCUT2D eigenvalue weighted by atomic mass is 10.0. The van der Waals surface area contributed by atoms with Crippen LogP contribution in [0.15, 0.2) is 85.1 Å². The van der Waals surface area contributed by atoms with Crippen molar-refractivity contribution in [2.24, 2.45) is 0 Å². The Morgan fingerprint density at radius 2 is 1.83 bits per heavy atom. The maximum atomic E-state index is 13.5. The molecule has 3 N–H and O–H groups in total. The van der Waals surface area contributed by atoms with E-state index in [1.54, 1.807) is 12.3 Å². The minimum Gasteiger partial charge on any atom is -0.383 e. The number of pyridine rings is 2. The molecule has 0 spiro atoms. The Morgan fingerprint density at radius 1 is 1.03 bits per heavy atom. The van der Waals surface area contributed by atoms with Gasteiger partial charge in [-0.2, -0.15) is 0 Å². The van der Waals surface area contributed by atoms with Crippen LogP contribution in [-0.4, -0.2) is 35.4 Å². The molecule has 5 rings (SSSR count). The van der Waals surface area contributed by atoms with E-state index in [4.69, 9.17) is 10.7 Å². The Morgan fingerprint density at radius 3 is 2.60 bits per heavy atom. The quantitative estimate of drug-likeness (QED) is 0.404. The van der Waals surface area contributed by atoms with Crippen molar-refractivity contribution in [1.29, 1.82) is 0 Å². The van der Waals surface area contributed by atoms with Gasteiger partial charge in [-0.3, -0.25) is 4.79 Å². The average Bonchev–Trinajstić information content (AvgIpc) is 2.93. The molecule has 0 bridgehead atoms. The van der Waals surface area contributed by atoms with Gasteiger partial charge in [-0.25, -0.2) is 9.97 Å². The van der Waals surface area contributed by atoms with Gasteiger partial charge in [0.15, 0.2) is 0 Å². The molecule has 176 valence electrons. The first-order valence-electron chi connectivity index (χ1n) is 12.0. The first-order valence-corrected chi connectivity index (χ1v) is 12.0. The van der Waals surface area contributed by atoms with E-state index in [-0.39, 0.29) is 17.6 Å². The SMILES string of the molecule is CCc1ccc(-c2cnc(N)c(C(=O)c3cccc(N4CCNC(c5ccccc5)C4)n3)c2)cc1. The second-order valence-electron chi connectivity index (χ2n) is 8.78. The number of nitrogens with zero attached hydrogens (tertiary/aromatic N) is 3. The molecule has 2 aromatic carbocycles. The number of carbonyl (C=O) groups is 1. The number of benzene rings is 2. The first-order chi connectivity index (χ1) is 17.1. The van der Waals surface area contributed by atoms with Gasteiger partial charge in [0, 0.05) is 37.4 Å². The summed E-state index contributed by atoms with van der Waals surface area (Å²) in [7, 11) is 0. The van der Waals surface area contributed by atoms with Crippen LogP contribution < -0.4 is 16.0 Å². The zero-order valence-corrected chi connectivity index (χ0v) is 19.8. The number of hydrogen-bond donors (Lipinski definition) is 2. The van der Waals surface area contributed by atoms with Gasteiger partial charge in [-0.15, -0.1) is 0 Å². The molecule has 1 atom stereocenters. The summed E-state index contributed by atoms with van der Waals surface area (Å²) in [5.74, 6) is 0.775. The van der Waals surface area contributed by atoms with Crippen molar-refractivity contribution >= 4 is 17.4 Å². The lowest BCUT2D eigenvalue weighted by Crippen LogP contribution is -2.46. The Labute approximate surface area is 205 Å². The highest BCUT2D eigenvalue weighted by Crippen LogP contribution is 2.26. The van der Waals surface area contributed by atoms with Crippen molar-refractivity contribution in [3.05, 3.63) is 107 Å². The zero-order chi connectivity index (χ0) is 24.2. The van der Waals surface area contributed by atoms with Crippen molar-refractivity contribution in [3.8, 4) is 11.1 Å². The summed E-state index contributed by atoms with van der Waals surface area (Å²) in [5.41, 5.74) is 11.2. The molecule has 35 heavy (non-hydrogen) atoms. The normalized spacial score (nSPS) is 15.7. The van der Waals surface area contributed by atoms with Crippen LogP contribution in [0.1, 0.15) is 40.1 Å². The largest absolute Gasteiger partial charge is 0.383 e. The molecule has 0 saturated carbocycles. The van der Waals surface area contributed by atoms with E-state index in [1.165, 1.54) is 11.1 Å². The highest BCUT2D eigenvalue weighted by molar-refractivity contribution is 6.11. The standard InChI is InChI=1S/C29H29N5O/c1-2-20-11-13-21(14-12-20)23-17-24(29(30)32-18-23)28(35)25-9-6-10-27(33-25)34-16-15-31-26(19-34)22-7-4-3-5-8-22/h3-14,17-18,26,31H,2,15-16,19H2,1H3,(H2,30,32). The van der Waals surface area contributed by atoms with E-state index in [0.717, 1.165) is 43.0 Å². The molecule has 2 aromatic heterocycles. The van der Waals surface area contributed by atoms with Crippen molar-refractivity contribution in [1.82, 2.24) is 15.3 Å². The Bertz CT molecular complexity index is 1320. The number of anilines is 2. The van der Waals surface area contributed by atoms with Gasteiger partial charge in [-0.1, -0.05) is 67.6 Å². The summed E-state index contributed by atoms with van der Waals surface area (Å²) < 4.78 is 0. The van der Waals surface area contributed by atoms with Gasteiger partial charge in [0.25, 0.3) is 0 Å². The highest BCUT2D eigenvalue weighted by atomic mass is 16.1. The van der Waals surface area contributed by atoms with Gasteiger partial charge in [0.1, 0.15) is 17.3 Å². The topological polar surface area (TPSA) is 84.1 Å². The van der Waals surface area contributed by atoms with Crippen LogP contribution in [0.3, 0.4) is 0 Å². The van der Waals surface area contributed by atoms with E-state index in [9.17, 15) is 4.79 Å². The second kappa shape index (κ2) is 10.1. The third kappa shape index (κ3) is 4.93. The minimum atomic E-state index is -0.223. The van der Waals surface area contributed by atoms with Crippen molar-refractivity contribution < 1.29 is 4.79 Å². The average molecular weight is 464 g/mol. The molecular formula is C29H29N5O. The van der Waals surface area contributed by atoms with Crippen molar-refractivity contribution in [3.63, 3.8) is 0 Å². The maximum absolute atomic E-state index is 13.5. The van der Waals surface area contributed by atoms with Gasteiger partial charge in [0.2, 0.25) is 5.78 Å². The molecule has 0 amide bonds. The molecule has 1 aliphatic rings. The zero-order valence-electron chi connectivity index (χ0n) is 19.8. The minimum absolute atomic E-state index is 0.210. The van der Waals surface area contributed by atoms with Gasteiger partial charge in [-0.05, 0) is 41.3 Å². The molecule has 1 unspecified atom stereocenters. The fourth-order valence-electron chi connectivity index (χ4n) is 4.48. The Kier molecular flexibility index (Phi) is 6.55. The van der Waals surface area contributed by atoms with E-state index >= 15 is 0 Å². The fourth-order valence-corrected chi connectivity index (χ4v) is 4.48.